The minimum absolute atomic E-state index is 0.398. The Labute approximate surface area is 117 Å². The fourth-order valence-electron chi connectivity index (χ4n) is 2.98. The number of nitriles is 1. The van der Waals surface area contributed by atoms with Crippen LogP contribution in [-0.2, 0) is 0 Å². The Balaban J connectivity index is 1.75. The second-order valence-electron chi connectivity index (χ2n) is 6.53. The Kier molecular flexibility index (Phi) is 4.83. The fraction of sp³-hybridized carbons (Fsp3) is 0.933. The Bertz CT molecular complexity index is 326. The van der Waals surface area contributed by atoms with Gasteiger partial charge in [0.1, 0.15) is 5.54 Å². The second-order valence-corrected chi connectivity index (χ2v) is 6.53. The molecule has 1 N–H and O–H groups in total. The zero-order valence-electron chi connectivity index (χ0n) is 12.7. The van der Waals surface area contributed by atoms with Crippen molar-refractivity contribution in [2.24, 2.45) is 5.92 Å². The molecule has 0 aromatic heterocycles. The van der Waals surface area contributed by atoms with Gasteiger partial charge in [-0.1, -0.05) is 0 Å². The van der Waals surface area contributed by atoms with Gasteiger partial charge in [-0.2, -0.15) is 5.26 Å². The van der Waals surface area contributed by atoms with Gasteiger partial charge in [0.25, 0.3) is 0 Å². The van der Waals surface area contributed by atoms with E-state index in [1.807, 2.05) is 14.0 Å². The van der Waals surface area contributed by atoms with Gasteiger partial charge in [0.15, 0.2) is 0 Å². The maximum absolute atomic E-state index is 9.24. The van der Waals surface area contributed by atoms with Crippen molar-refractivity contribution in [3.63, 3.8) is 0 Å². The third-order valence-electron chi connectivity index (χ3n) is 4.75. The number of rotatable bonds is 6. The van der Waals surface area contributed by atoms with Gasteiger partial charge in [-0.25, -0.2) is 0 Å². The fourth-order valence-corrected chi connectivity index (χ4v) is 2.98. The highest BCUT2D eigenvalue weighted by atomic mass is 15.3. The van der Waals surface area contributed by atoms with Gasteiger partial charge < -0.3 is 10.2 Å². The van der Waals surface area contributed by atoms with Crippen LogP contribution in [0.1, 0.15) is 33.1 Å². The van der Waals surface area contributed by atoms with Crippen LogP contribution in [0.25, 0.3) is 0 Å². The lowest BCUT2D eigenvalue weighted by molar-refractivity contribution is 0.0887. The SMILES string of the molecule is CNC(C)(C#N)CC(C)N1CCN(CC2CC2)CC1. The molecule has 19 heavy (non-hydrogen) atoms. The summed E-state index contributed by atoms with van der Waals surface area (Å²) in [6.07, 6.45) is 3.78. The molecule has 1 saturated carbocycles. The highest BCUT2D eigenvalue weighted by Gasteiger charge is 2.30. The van der Waals surface area contributed by atoms with E-state index in [2.05, 4.69) is 28.1 Å². The Hall–Kier alpha value is -0.630. The molecule has 4 heteroatoms. The van der Waals surface area contributed by atoms with Crippen LogP contribution >= 0.6 is 0 Å². The van der Waals surface area contributed by atoms with Crippen LogP contribution in [0.15, 0.2) is 0 Å². The smallest absolute Gasteiger partial charge is 0.105 e. The van der Waals surface area contributed by atoms with E-state index >= 15 is 0 Å². The summed E-state index contributed by atoms with van der Waals surface area (Å²) in [6.45, 7) is 10.3. The van der Waals surface area contributed by atoms with Crippen molar-refractivity contribution in [3.8, 4) is 6.07 Å². The van der Waals surface area contributed by atoms with Crippen molar-refractivity contribution in [1.29, 1.82) is 5.26 Å². The summed E-state index contributed by atoms with van der Waals surface area (Å²) in [4.78, 5) is 5.15. The molecule has 2 fully saturated rings. The monoisotopic (exact) mass is 264 g/mol. The van der Waals surface area contributed by atoms with Crippen LogP contribution in [0.2, 0.25) is 0 Å². The van der Waals surface area contributed by atoms with Gasteiger partial charge in [0.05, 0.1) is 6.07 Å². The summed E-state index contributed by atoms with van der Waals surface area (Å²) < 4.78 is 0. The summed E-state index contributed by atoms with van der Waals surface area (Å²) in [5.41, 5.74) is -0.398. The molecule has 1 saturated heterocycles. The molecule has 2 unspecified atom stereocenters. The molecular weight excluding hydrogens is 236 g/mol. The average Bonchev–Trinajstić information content (AvgIpc) is 3.23. The number of nitrogens with one attached hydrogen (secondary N) is 1. The first-order valence-electron chi connectivity index (χ1n) is 7.63. The van der Waals surface area contributed by atoms with E-state index in [1.165, 1.54) is 32.5 Å². The van der Waals surface area contributed by atoms with Crippen LogP contribution < -0.4 is 5.32 Å². The maximum Gasteiger partial charge on any atom is 0.105 e. The lowest BCUT2D eigenvalue weighted by Gasteiger charge is -2.40. The molecule has 0 spiro atoms. The molecular formula is C15H28N4. The zero-order chi connectivity index (χ0) is 13.9. The minimum atomic E-state index is -0.398. The summed E-state index contributed by atoms with van der Waals surface area (Å²) in [7, 11) is 1.88. The van der Waals surface area contributed by atoms with E-state index in [0.29, 0.717) is 6.04 Å². The predicted molar refractivity (Wildman–Crippen MR) is 77.9 cm³/mol. The lowest BCUT2D eigenvalue weighted by atomic mass is 9.94. The predicted octanol–water partition coefficient (Wildman–Crippen LogP) is 1.29. The molecule has 0 radical (unpaired) electrons. The average molecular weight is 264 g/mol. The summed E-state index contributed by atoms with van der Waals surface area (Å²) in [5.74, 6) is 0.996. The summed E-state index contributed by atoms with van der Waals surface area (Å²) in [5, 5.41) is 12.4. The highest BCUT2D eigenvalue weighted by molar-refractivity contribution is 5.04. The lowest BCUT2D eigenvalue weighted by Crippen LogP contribution is -2.52. The largest absolute Gasteiger partial charge is 0.303 e. The molecule has 2 atom stereocenters. The van der Waals surface area contributed by atoms with Gasteiger partial charge in [-0.15, -0.1) is 0 Å². The molecule has 2 rings (SSSR count). The Morgan fingerprint density at radius 2 is 1.95 bits per heavy atom. The topological polar surface area (TPSA) is 42.3 Å². The van der Waals surface area contributed by atoms with Crippen molar-refractivity contribution in [2.75, 3.05) is 39.8 Å². The molecule has 1 aliphatic carbocycles. The van der Waals surface area contributed by atoms with Crippen molar-refractivity contribution in [2.45, 2.75) is 44.7 Å². The molecule has 4 nitrogen and oxygen atoms in total. The number of hydrogen-bond acceptors (Lipinski definition) is 4. The van der Waals surface area contributed by atoms with E-state index in [4.69, 9.17) is 0 Å². The van der Waals surface area contributed by atoms with Gasteiger partial charge in [-0.3, -0.25) is 4.90 Å². The molecule has 0 bridgehead atoms. The van der Waals surface area contributed by atoms with Crippen LogP contribution in [0.5, 0.6) is 0 Å². The van der Waals surface area contributed by atoms with Crippen molar-refractivity contribution >= 4 is 0 Å². The van der Waals surface area contributed by atoms with Gasteiger partial charge in [0.2, 0.25) is 0 Å². The van der Waals surface area contributed by atoms with Crippen molar-refractivity contribution < 1.29 is 0 Å². The standard InChI is InChI=1S/C15H28N4/c1-13(10-15(2,12-16)17-3)19-8-6-18(7-9-19)11-14-4-5-14/h13-14,17H,4-11H2,1-3H3. The third kappa shape index (κ3) is 4.17. The summed E-state index contributed by atoms with van der Waals surface area (Å²) in [6, 6.07) is 2.87. The first-order valence-corrected chi connectivity index (χ1v) is 7.63. The van der Waals surface area contributed by atoms with Crippen LogP contribution in [0.4, 0.5) is 0 Å². The molecule has 0 aromatic rings. The van der Waals surface area contributed by atoms with Crippen molar-refractivity contribution in [1.82, 2.24) is 15.1 Å². The number of hydrogen-bond donors (Lipinski definition) is 1. The molecule has 2 aliphatic rings. The zero-order valence-corrected chi connectivity index (χ0v) is 12.7. The number of piperazine rings is 1. The number of nitrogens with zero attached hydrogens (tertiary/aromatic N) is 3. The summed E-state index contributed by atoms with van der Waals surface area (Å²) >= 11 is 0. The van der Waals surface area contributed by atoms with E-state index in [0.717, 1.165) is 25.4 Å². The first-order chi connectivity index (χ1) is 9.06. The Morgan fingerprint density at radius 3 is 2.42 bits per heavy atom. The van der Waals surface area contributed by atoms with Crippen LogP contribution in [-0.4, -0.2) is 61.2 Å². The molecule has 1 aliphatic heterocycles. The van der Waals surface area contributed by atoms with Crippen LogP contribution in [0.3, 0.4) is 0 Å². The van der Waals surface area contributed by atoms with Crippen molar-refractivity contribution in [3.05, 3.63) is 0 Å². The quantitative estimate of drug-likeness (QED) is 0.785. The maximum atomic E-state index is 9.24. The van der Waals surface area contributed by atoms with E-state index in [1.54, 1.807) is 0 Å². The highest BCUT2D eigenvalue weighted by Crippen LogP contribution is 2.30. The van der Waals surface area contributed by atoms with Gasteiger partial charge in [-0.05, 0) is 46.1 Å². The second kappa shape index (κ2) is 6.21. The van der Waals surface area contributed by atoms with Gasteiger partial charge in [0, 0.05) is 38.8 Å². The molecule has 0 aromatic carbocycles. The normalized spacial score (nSPS) is 26.6. The molecule has 0 amide bonds. The van der Waals surface area contributed by atoms with E-state index in [-0.39, 0.29) is 0 Å². The molecule has 108 valence electrons. The minimum Gasteiger partial charge on any atom is -0.303 e. The van der Waals surface area contributed by atoms with E-state index < -0.39 is 5.54 Å². The third-order valence-corrected chi connectivity index (χ3v) is 4.75. The van der Waals surface area contributed by atoms with E-state index in [9.17, 15) is 5.26 Å². The first kappa shape index (κ1) is 14.8. The van der Waals surface area contributed by atoms with Crippen LogP contribution in [0, 0.1) is 17.2 Å². The van der Waals surface area contributed by atoms with Gasteiger partial charge >= 0.3 is 0 Å². The Morgan fingerprint density at radius 1 is 1.32 bits per heavy atom. The molecule has 1 heterocycles.